The maximum atomic E-state index is 12.0. The van der Waals surface area contributed by atoms with Crippen molar-refractivity contribution >= 4 is 41.0 Å². The smallest absolute Gasteiger partial charge is 0.321 e. The van der Waals surface area contributed by atoms with E-state index in [1.54, 1.807) is 6.92 Å². The molecule has 3 rings (SSSR count). The van der Waals surface area contributed by atoms with Crippen molar-refractivity contribution in [3.63, 3.8) is 0 Å². The van der Waals surface area contributed by atoms with Crippen LogP contribution < -0.4 is 16.0 Å². The van der Waals surface area contributed by atoms with E-state index in [0.717, 1.165) is 11.8 Å². The summed E-state index contributed by atoms with van der Waals surface area (Å²) in [7, 11) is 0. The number of nitro benzene ring substituents is 1. The first-order valence-electron chi connectivity index (χ1n) is 8.42. The zero-order valence-corrected chi connectivity index (χ0v) is 15.9. The van der Waals surface area contributed by atoms with Gasteiger partial charge in [-0.15, -0.1) is 10.2 Å². The minimum absolute atomic E-state index is 0.0189. The van der Waals surface area contributed by atoms with Gasteiger partial charge in [0.2, 0.25) is 17.7 Å². The van der Waals surface area contributed by atoms with Crippen LogP contribution >= 0.6 is 11.8 Å². The van der Waals surface area contributed by atoms with Gasteiger partial charge in [0, 0.05) is 30.3 Å². The van der Waals surface area contributed by atoms with Crippen molar-refractivity contribution in [2.45, 2.75) is 24.6 Å². The molecule has 2 atom stereocenters. The molecule has 2 heterocycles. The van der Waals surface area contributed by atoms with E-state index in [9.17, 15) is 24.5 Å². The van der Waals surface area contributed by atoms with Gasteiger partial charge in [-0.05, 0) is 19.1 Å². The van der Waals surface area contributed by atoms with Crippen LogP contribution in [0.2, 0.25) is 0 Å². The van der Waals surface area contributed by atoms with Gasteiger partial charge in [0.25, 0.3) is 10.9 Å². The van der Waals surface area contributed by atoms with Crippen LogP contribution in [-0.2, 0) is 16.0 Å². The van der Waals surface area contributed by atoms with Crippen molar-refractivity contribution in [2.75, 3.05) is 11.1 Å². The van der Waals surface area contributed by atoms with Crippen molar-refractivity contribution in [2.24, 2.45) is 5.92 Å². The number of nitrogens with one attached hydrogen (secondary N) is 3. The monoisotopic (exact) mass is 420 g/mol. The van der Waals surface area contributed by atoms with Gasteiger partial charge in [0.15, 0.2) is 0 Å². The van der Waals surface area contributed by atoms with Gasteiger partial charge in [-0.3, -0.25) is 25.0 Å². The van der Waals surface area contributed by atoms with E-state index >= 15 is 0 Å². The lowest BCUT2D eigenvalue weighted by Crippen LogP contribution is -2.57. The molecule has 2 unspecified atom stereocenters. The van der Waals surface area contributed by atoms with Crippen LogP contribution in [0.1, 0.15) is 12.8 Å². The number of carbonyl (C=O) groups is 3. The molecule has 2 aromatic rings. The standard InChI is InChI=1S/C16H16N6O6S/c1-8-11(14(24)19-15(25)17-8)6-13-20-21-16(28-13)29-7-12(23)18-9-2-4-10(5-3-9)22(26)27/h2-5,8,11H,6-7H2,1H3,(H,18,23)(H2,17,19,24,25). The number of thioether (sulfide) groups is 1. The van der Waals surface area contributed by atoms with Gasteiger partial charge in [-0.2, -0.15) is 0 Å². The highest BCUT2D eigenvalue weighted by Gasteiger charge is 2.34. The fourth-order valence-electron chi connectivity index (χ4n) is 2.60. The summed E-state index contributed by atoms with van der Waals surface area (Å²) in [4.78, 5) is 45.3. The summed E-state index contributed by atoms with van der Waals surface area (Å²) in [6.07, 6.45) is 0.149. The predicted octanol–water partition coefficient (Wildman–Crippen LogP) is 1.10. The number of imide groups is 1. The Kier molecular flexibility index (Phi) is 6.07. The predicted molar refractivity (Wildman–Crippen MR) is 100 cm³/mol. The second-order valence-electron chi connectivity index (χ2n) is 6.16. The van der Waals surface area contributed by atoms with Gasteiger partial charge < -0.3 is 15.1 Å². The van der Waals surface area contributed by atoms with Crippen LogP contribution in [0.4, 0.5) is 16.2 Å². The van der Waals surface area contributed by atoms with Crippen LogP contribution in [0.5, 0.6) is 0 Å². The molecule has 1 saturated heterocycles. The maximum absolute atomic E-state index is 12.0. The Morgan fingerprint density at radius 3 is 2.69 bits per heavy atom. The highest BCUT2D eigenvalue weighted by atomic mass is 32.2. The molecule has 1 aromatic heterocycles. The van der Waals surface area contributed by atoms with Gasteiger partial charge in [-0.25, -0.2) is 4.79 Å². The number of non-ortho nitro benzene ring substituents is 1. The number of urea groups is 1. The summed E-state index contributed by atoms with van der Waals surface area (Å²) in [6.45, 7) is 1.70. The SMILES string of the molecule is CC1NC(=O)NC(=O)C1Cc1nnc(SCC(=O)Nc2ccc([N+](=O)[O-])cc2)o1. The maximum Gasteiger partial charge on any atom is 0.321 e. The fraction of sp³-hybridized carbons (Fsp3) is 0.312. The average molecular weight is 420 g/mol. The Hall–Kier alpha value is -3.48. The number of anilines is 1. The Labute approximate surface area is 168 Å². The number of hydrogen-bond acceptors (Lipinski definition) is 9. The normalized spacial score (nSPS) is 18.7. The Balaban J connectivity index is 1.50. The molecule has 0 radical (unpaired) electrons. The van der Waals surface area contributed by atoms with E-state index in [4.69, 9.17) is 4.42 Å². The third-order valence-electron chi connectivity index (χ3n) is 4.07. The largest absolute Gasteiger partial charge is 0.416 e. The summed E-state index contributed by atoms with van der Waals surface area (Å²) in [6, 6.07) is 4.52. The van der Waals surface area contributed by atoms with Gasteiger partial charge in [0.05, 0.1) is 16.6 Å². The zero-order chi connectivity index (χ0) is 21.0. The number of hydrogen-bond donors (Lipinski definition) is 3. The second kappa shape index (κ2) is 8.68. The zero-order valence-electron chi connectivity index (χ0n) is 15.1. The minimum Gasteiger partial charge on any atom is -0.416 e. The van der Waals surface area contributed by atoms with Crippen molar-refractivity contribution in [3.05, 3.63) is 40.3 Å². The molecule has 12 nitrogen and oxygen atoms in total. The van der Waals surface area contributed by atoms with E-state index in [1.165, 1.54) is 24.3 Å². The van der Waals surface area contributed by atoms with Crippen molar-refractivity contribution in [3.8, 4) is 0 Å². The third kappa shape index (κ3) is 5.28. The van der Waals surface area contributed by atoms with Crippen molar-refractivity contribution in [1.29, 1.82) is 0 Å². The minimum atomic E-state index is -0.545. The van der Waals surface area contributed by atoms with E-state index in [-0.39, 0.29) is 40.9 Å². The van der Waals surface area contributed by atoms with Crippen LogP contribution in [0.15, 0.2) is 33.9 Å². The molecular formula is C16H16N6O6S. The summed E-state index contributed by atoms with van der Waals surface area (Å²) in [5.41, 5.74) is 0.350. The van der Waals surface area contributed by atoms with Crippen LogP contribution in [-0.4, -0.2) is 44.8 Å². The first-order chi connectivity index (χ1) is 13.8. The number of benzene rings is 1. The lowest BCUT2D eigenvalue weighted by molar-refractivity contribution is -0.384. The average Bonchev–Trinajstić information content (AvgIpc) is 3.11. The van der Waals surface area contributed by atoms with E-state index in [1.807, 2.05) is 0 Å². The van der Waals surface area contributed by atoms with E-state index in [2.05, 4.69) is 26.1 Å². The van der Waals surface area contributed by atoms with E-state index < -0.39 is 22.8 Å². The lowest BCUT2D eigenvalue weighted by Gasteiger charge is -2.27. The number of carbonyl (C=O) groups excluding carboxylic acids is 3. The topological polar surface area (TPSA) is 169 Å². The molecule has 1 aliphatic heterocycles. The number of rotatable bonds is 7. The second-order valence-corrected chi connectivity index (χ2v) is 7.09. The van der Waals surface area contributed by atoms with Crippen molar-refractivity contribution < 1.29 is 23.7 Å². The molecule has 1 aromatic carbocycles. The first kappa shape index (κ1) is 20.3. The molecular weight excluding hydrogens is 404 g/mol. The van der Waals surface area contributed by atoms with Gasteiger partial charge in [-0.1, -0.05) is 11.8 Å². The Bertz CT molecular complexity index is 946. The number of nitro groups is 1. The molecule has 3 N–H and O–H groups in total. The summed E-state index contributed by atoms with van der Waals surface area (Å²) >= 11 is 1.01. The molecule has 1 fully saturated rings. The molecule has 0 saturated carbocycles. The fourth-order valence-corrected chi connectivity index (χ4v) is 3.18. The Morgan fingerprint density at radius 1 is 1.31 bits per heavy atom. The number of amides is 4. The molecule has 1 aliphatic rings. The third-order valence-corrected chi connectivity index (χ3v) is 4.89. The molecule has 4 amide bonds. The lowest BCUT2D eigenvalue weighted by atomic mass is 9.95. The van der Waals surface area contributed by atoms with Crippen LogP contribution in [0, 0.1) is 16.0 Å². The number of nitrogens with zero attached hydrogens (tertiary/aromatic N) is 3. The van der Waals surface area contributed by atoms with Crippen molar-refractivity contribution in [1.82, 2.24) is 20.8 Å². The summed E-state index contributed by atoms with van der Waals surface area (Å²) in [5.74, 6) is -1.12. The molecule has 0 bridgehead atoms. The van der Waals surface area contributed by atoms with Gasteiger partial charge >= 0.3 is 6.03 Å². The summed E-state index contributed by atoms with van der Waals surface area (Å²) in [5, 5.41) is 25.9. The molecule has 0 spiro atoms. The highest BCUT2D eigenvalue weighted by Crippen LogP contribution is 2.21. The van der Waals surface area contributed by atoms with E-state index in [0.29, 0.717) is 5.69 Å². The number of aromatic nitrogens is 2. The van der Waals surface area contributed by atoms with Crippen LogP contribution in [0.25, 0.3) is 0 Å². The quantitative estimate of drug-likeness (QED) is 0.337. The van der Waals surface area contributed by atoms with Crippen LogP contribution in [0.3, 0.4) is 0 Å². The molecule has 29 heavy (non-hydrogen) atoms. The molecule has 152 valence electrons. The highest BCUT2D eigenvalue weighted by molar-refractivity contribution is 7.99. The molecule has 0 aliphatic carbocycles. The van der Waals surface area contributed by atoms with Gasteiger partial charge in [0.1, 0.15) is 0 Å². The Morgan fingerprint density at radius 2 is 2.03 bits per heavy atom. The summed E-state index contributed by atoms with van der Waals surface area (Å²) < 4.78 is 5.45. The first-order valence-corrected chi connectivity index (χ1v) is 9.41. The molecule has 13 heteroatoms.